The first kappa shape index (κ1) is 11.0. The van der Waals surface area contributed by atoms with Crippen molar-refractivity contribution >= 4 is 34.9 Å². The van der Waals surface area contributed by atoms with Crippen LogP contribution in [0.5, 0.6) is 0 Å². The second-order valence-electron chi connectivity index (χ2n) is 2.98. The molecule has 1 amide bonds. The number of halogens is 2. The van der Waals surface area contributed by atoms with Crippen LogP contribution < -0.4 is 5.32 Å². The number of nitrogens with zero attached hydrogens (tertiary/aromatic N) is 2. The van der Waals surface area contributed by atoms with Crippen LogP contribution in [0.15, 0.2) is 30.5 Å². The Labute approximate surface area is 102 Å². The van der Waals surface area contributed by atoms with Gasteiger partial charge in [0, 0.05) is 21.9 Å². The Morgan fingerprint density at radius 1 is 1.31 bits per heavy atom. The number of hydrogen-bond acceptors (Lipinski definition) is 2. The predicted molar refractivity (Wildman–Crippen MR) is 61.9 cm³/mol. The van der Waals surface area contributed by atoms with Crippen molar-refractivity contribution in [1.29, 1.82) is 0 Å². The molecular weight excluding hydrogens is 249 g/mol. The molecule has 6 heteroatoms. The molecule has 0 spiro atoms. The van der Waals surface area contributed by atoms with Crippen LogP contribution in [-0.2, 0) is 0 Å². The second-order valence-corrected chi connectivity index (χ2v) is 3.85. The van der Waals surface area contributed by atoms with Crippen molar-refractivity contribution < 1.29 is 4.79 Å². The molecule has 81 valence electrons. The van der Waals surface area contributed by atoms with E-state index in [1.54, 1.807) is 18.2 Å². The number of aromatic nitrogens is 2. The molecular formula is C10H6Cl2N3O. The first-order valence-electron chi connectivity index (χ1n) is 4.34. The molecule has 16 heavy (non-hydrogen) atoms. The molecule has 0 aliphatic rings. The highest BCUT2D eigenvalue weighted by atomic mass is 35.5. The topological polar surface area (TPSA) is 46.9 Å². The average molecular weight is 255 g/mol. The highest BCUT2D eigenvalue weighted by Gasteiger charge is 2.05. The van der Waals surface area contributed by atoms with Crippen molar-refractivity contribution in [3.63, 3.8) is 0 Å². The van der Waals surface area contributed by atoms with Crippen LogP contribution in [0.4, 0.5) is 10.5 Å². The molecule has 2 aromatic rings. The largest absolute Gasteiger partial charge is 0.346 e. The number of nitrogens with one attached hydrogen (secondary N) is 1. The Morgan fingerprint density at radius 3 is 2.56 bits per heavy atom. The predicted octanol–water partition coefficient (Wildman–Crippen LogP) is 3.07. The first-order valence-corrected chi connectivity index (χ1v) is 5.10. The average Bonchev–Trinajstić information content (AvgIpc) is 2.68. The number of amides is 1. The maximum atomic E-state index is 11.6. The SMILES string of the molecule is O=C(Nc1cc(Cl)cc(Cl)c1)n1cc[c]n1. The van der Waals surface area contributed by atoms with Crippen LogP contribution in [-0.4, -0.2) is 15.8 Å². The molecule has 0 unspecified atom stereocenters. The lowest BCUT2D eigenvalue weighted by Crippen LogP contribution is -2.19. The van der Waals surface area contributed by atoms with Crippen molar-refractivity contribution in [3.05, 3.63) is 46.7 Å². The summed E-state index contributed by atoms with van der Waals surface area (Å²) in [7, 11) is 0. The molecule has 0 fully saturated rings. The molecule has 1 heterocycles. The Kier molecular flexibility index (Phi) is 3.12. The van der Waals surface area contributed by atoms with E-state index in [4.69, 9.17) is 23.2 Å². The molecule has 1 N–H and O–H groups in total. The molecule has 0 bridgehead atoms. The van der Waals surface area contributed by atoms with Gasteiger partial charge in [0.15, 0.2) is 0 Å². The minimum absolute atomic E-state index is 0.403. The van der Waals surface area contributed by atoms with E-state index in [0.717, 1.165) is 4.68 Å². The monoisotopic (exact) mass is 254 g/mol. The summed E-state index contributed by atoms with van der Waals surface area (Å²) in [6.07, 6.45) is 4.01. The van der Waals surface area contributed by atoms with Crippen molar-refractivity contribution in [2.75, 3.05) is 5.32 Å². The number of benzene rings is 1. The molecule has 2 rings (SSSR count). The Morgan fingerprint density at radius 2 is 2.00 bits per heavy atom. The van der Waals surface area contributed by atoms with Crippen LogP contribution in [0.3, 0.4) is 0 Å². The number of anilines is 1. The van der Waals surface area contributed by atoms with E-state index in [2.05, 4.69) is 16.6 Å². The Balaban J connectivity index is 2.18. The zero-order valence-corrected chi connectivity index (χ0v) is 9.46. The first-order chi connectivity index (χ1) is 7.65. The molecule has 4 nitrogen and oxygen atoms in total. The molecule has 1 aromatic carbocycles. The van der Waals surface area contributed by atoms with Crippen LogP contribution in [0.25, 0.3) is 0 Å². The fourth-order valence-electron chi connectivity index (χ4n) is 1.15. The van der Waals surface area contributed by atoms with E-state index >= 15 is 0 Å². The summed E-state index contributed by atoms with van der Waals surface area (Å²) in [4.78, 5) is 11.6. The smallest absolute Gasteiger partial charge is 0.306 e. The van der Waals surface area contributed by atoms with E-state index in [9.17, 15) is 4.79 Å². The van der Waals surface area contributed by atoms with Gasteiger partial charge in [0.05, 0.1) is 0 Å². The zero-order valence-electron chi connectivity index (χ0n) is 7.95. The lowest BCUT2D eigenvalue weighted by Gasteiger charge is -2.05. The van der Waals surface area contributed by atoms with Gasteiger partial charge in [-0.1, -0.05) is 23.2 Å². The van der Waals surface area contributed by atoms with E-state index in [-0.39, 0.29) is 0 Å². The lowest BCUT2D eigenvalue weighted by molar-refractivity contribution is 0.251. The van der Waals surface area contributed by atoms with Gasteiger partial charge < -0.3 is 5.32 Å². The van der Waals surface area contributed by atoms with Crippen molar-refractivity contribution in [2.24, 2.45) is 0 Å². The van der Waals surface area contributed by atoms with Gasteiger partial charge in [-0.15, -0.1) is 0 Å². The summed E-state index contributed by atoms with van der Waals surface area (Å²) in [6, 6.07) is 5.90. The molecule has 0 saturated heterocycles. The number of hydrogen-bond donors (Lipinski definition) is 1. The molecule has 0 atom stereocenters. The van der Waals surface area contributed by atoms with Crippen LogP contribution in [0.1, 0.15) is 0 Å². The molecule has 0 saturated carbocycles. The van der Waals surface area contributed by atoms with Gasteiger partial charge in [-0.3, -0.25) is 0 Å². The Bertz CT molecular complexity index is 491. The highest BCUT2D eigenvalue weighted by Crippen LogP contribution is 2.22. The van der Waals surface area contributed by atoms with E-state index in [0.29, 0.717) is 15.7 Å². The van der Waals surface area contributed by atoms with Crippen LogP contribution in [0, 0.1) is 6.20 Å². The lowest BCUT2D eigenvalue weighted by atomic mass is 10.3. The summed E-state index contributed by atoms with van der Waals surface area (Å²) >= 11 is 11.6. The fraction of sp³-hybridized carbons (Fsp3) is 0. The Hall–Kier alpha value is -1.52. The quantitative estimate of drug-likeness (QED) is 0.851. The summed E-state index contributed by atoms with van der Waals surface area (Å²) in [5.74, 6) is 0. The van der Waals surface area contributed by atoms with Crippen LogP contribution in [0.2, 0.25) is 10.0 Å². The summed E-state index contributed by atoms with van der Waals surface area (Å²) in [5.41, 5.74) is 0.512. The maximum absolute atomic E-state index is 11.6. The molecule has 1 radical (unpaired) electrons. The van der Waals surface area contributed by atoms with E-state index in [1.165, 1.54) is 12.3 Å². The number of carbonyl (C=O) groups is 1. The van der Waals surface area contributed by atoms with Gasteiger partial charge in [0.1, 0.15) is 6.20 Å². The second kappa shape index (κ2) is 4.55. The fourth-order valence-corrected chi connectivity index (χ4v) is 1.68. The van der Waals surface area contributed by atoms with Gasteiger partial charge in [0.2, 0.25) is 0 Å². The molecule has 0 aliphatic carbocycles. The maximum Gasteiger partial charge on any atom is 0.346 e. The number of rotatable bonds is 1. The van der Waals surface area contributed by atoms with E-state index < -0.39 is 6.03 Å². The highest BCUT2D eigenvalue weighted by molar-refractivity contribution is 6.35. The number of carbonyl (C=O) groups excluding carboxylic acids is 1. The summed E-state index contributed by atoms with van der Waals surface area (Å²) in [6.45, 7) is 0. The van der Waals surface area contributed by atoms with Gasteiger partial charge in [-0.05, 0) is 24.3 Å². The van der Waals surface area contributed by atoms with Crippen molar-refractivity contribution in [3.8, 4) is 0 Å². The van der Waals surface area contributed by atoms with Crippen molar-refractivity contribution in [2.45, 2.75) is 0 Å². The minimum atomic E-state index is -0.403. The van der Waals surface area contributed by atoms with E-state index in [1.807, 2.05) is 0 Å². The van der Waals surface area contributed by atoms with Crippen molar-refractivity contribution in [1.82, 2.24) is 9.78 Å². The standard InChI is InChI=1S/C10H6Cl2N3O/c11-7-4-8(12)6-9(5-7)14-10(16)15-3-1-2-13-15/h1,3-6H,(H,14,16). The molecule has 1 aromatic heterocycles. The van der Waals surface area contributed by atoms with Gasteiger partial charge in [-0.25, -0.2) is 4.79 Å². The third kappa shape index (κ3) is 2.53. The summed E-state index contributed by atoms with van der Waals surface area (Å²) < 4.78 is 1.12. The normalized spacial score (nSPS) is 10.1. The van der Waals surface area contributed by atoms with Gasteiger partial charge in [-0.2, -0.15) is 9.78 Å². The summed E-state index contributed by atoms with van der Waals surface area (Å²) in [5, 5.41) is 7.18. The molecule has 0 aliphatic heterocycles. The zero-order chi connectivity index (χ0) is 11.5. The van der Waals surface area contributed by atoms with Gasteiger partial charge >= 0.3 is 6.03 Å². The minimum Gasteiger partial charge on any atom is -0.306 e. The third-order valence-corrected chi connectivity index (χ3v) is 2.21. The van der Waals surface area contributed by atoms with Crippen LogP contribution >= 0.6 is 23.2 Å². The van der Waals surface area contributed by atoms with Gasteiger partial charge in [0.25, 0.3) is 0 Å². The third-order valence-electron chi connectivity index (χ3n) is 1.78.